The minimum atomic E-state index is -0.648. The third kappa shape index (κ3) is 2.42. The molecule has 0 saturated heterocycles. The number of aromatic nitrogens is 2. The van der Waals surface area contributed by atoms with Crippen molar-refractivity contribution in [3.8, 4) is 0 Å². The summed E-state index contributed by atoms with van der Waals surface area (Å²) in [6.45, 7) is 0. The molecule has 20 heavy (non-hydrogen) atoms. The maximum atomic E-state index is 13.6. The van der Waals surface area contributed by atoms with Crippen molar-refractivity contribution in [2.24, 2.45) is 0 Å². The highest BCUT2D eigenvalue weighted by Crippen LogP contribution is 2.30. The fourth-order valence-electron chi connectivity index (χ4n) is 1.78. The molecule has 0 fully saturated rings. The third-order valence-electron chi connectivity index (χ3n) is 2.71. The monoisotopic (exact) mass is 289 g/mol. The van der Waals surface area contributed by atoms with Crippen molar-refractivity contribution in [2.75, 3.05) is 5.73 Å². The molecule has 2 N–H and O–H groups in total. The number of nitrogens with two attached hydrogens (primary N) is 1. The highest BCUT2D eigenvalue weighted by Gasteiger charge is 2.10. The van der Waals surface area contributed by atoms with Crippen LogP contribution in [0.15, 0.2) is 52.5 Å². The Morgan fingerprint density at radius 3 is 2.60 bits per heavy atom. The van der Waals surface area contributed by atoms with Crippen molar-refractivity contribution in [3.05, 3.63) is 54.1 Å². The van der Waals surface area contributed by atoms with Crippen LogP contribution in [0.5, 0.6) is 0 Å². The van der Waals surface area contributed by atoms with Crippen LogP contribution in [0.25, 0.3) is 10.9 Å². The third-order valence-corrected chi connectivity index (χ3v) is 3.62. The summed E-state index contributed by atoms with van der Waals surface area (Å²) in [6, 6.07) is 10.7. The van der Waals surface area contributed by atoms with E-state index in [1.165, 1.54) is 12.1 Å². The molecule has 0 bridgehead atoms. The van der Waals surface area contributed by atoms with E-state index >= 15 is 0 Å². The van der Waals surface area contributed by atoms with Crippen molar-refractivity contribution in [2.45, 2.75) is 10.1 Å². The molecule has 1 heterocycles. The number of hydrogen-bond acceptors (Lipinski definition) is 4. The quantitative estimate of drug-likeness (QED) is 0.732. The van der Waals surface area contributed by atoms with E-state index in [2.05, 4.69) is 9.97 Å². The summed E-state index contributed by atoms with van der Waals surface area (Å²) in [7, 11) is 0. The van der Waals surface area contributed by atoms with Crippen LogP contribution < -0.4 is 5.73 Å². The van der Waals surface area contributed by atoms with Gasteiger partial charge in [0.1, 0.15) is 17.5 Å². The van der Waals surface area contributed by atoms with Gasteiger partial charge in [-0.05, 0) is 36.0 Å². The van der Waals surface area contributed by atoms with E-state index in [9.17, 15) is 8.78 Å². The second kappa shape index (κ2) is 5.05. The molecular weight excluding hydrogens is 280 g/mol. The maximum Gasteiger partial charge on any atom is 0.195 e. The molecule has 2 aromatic carbocycles. The number of fused-ring (bicyclic) bond motifs is 1. The van der Waals surface area contributed by atoms with Crippen LogP contribution in [0.3, 0.4) is 0 Å². The number of rotatable bonds is 2. The van der Waals surface area contributed by atoms with E-state index in [0.717, 1.165) is 23.2 Å². The van der Waals surface area contributed by atoms with Crippen LogP contribution in [0.4, 0.5) is 14.6 Å². The molecule has 0 aliphatic carbocycles. The van der Waals surface area contributed by atoms with Crippen LogP contribution in [-0.2, 0) is 0 Å². The van der Waals surface area contributed by atoms with Crippen LogP contribution in [0.1, 0.15) is 0 Å². The highest BCUT2D eigenvalue weighted by molar-refractivity contribution is 7.99. The largest absolute Gasteiger partial charge is 0.383 e. The van der Waals surface area contributed by atoms with Gasteiger partial charge in [-0.15, -0.1) is 0 Å². The van der Waals surface area contributed by atoms with Gasteiger partial charge in [-0.25, -0.2) is 18.7 Å². The molecule has 0 spiro atoms. The predicted octanol–water partition coefficient (Wildman–Crippen LogP) is 3.64. The van der Waals surface area contributed by atoms with E-state index in [-0.39, 0.29) is 4.90 Å². The zero-order valence-corrected chi connectivity index (χ0v) is 11.0. The number of para-hydroxylation sites is 1. The van der Waals surface area contributed by atoms with Gasteiger partial charge in [-0.1, -0.05) is 12.1 Å². The van der Waals surface area contributed by atoms with Crippen LogP contribution in [0.2, 0.25) is 0 Å². The van der Waals surface area contributed by atoms with E-state index in [4.69, 9.17) is 5.73 Å². The summed E-state index contributed by atoms with van der Waals surface area (Å²) >= 11 is 1.01. The van der Waals surface area contributed by atoms with Gasteiger partial charge in [-0.3, -0.25) is 0 Å². The molecule has 0 atom stereocenters. The Balaban J connectivity index is 2.02. The van der Waals surface area contributed by atoms with Gasteiger partial charge >= 0.3 is 0 Å². The van der Waals surface area contributed by atoms with E-state index in [1.807, 2.05) is 18.2 Å². The number of hydrogen-bond donors (Lipinski definition) is 1. The molecule has 3 rings (SSSR count). The summed E-state index contributed by atoms with van der Waals surface area (Å²) in [5, 5.41) is 1.07. The molecule has 1 aromatic heterocycles. The van der Waals surface area contributed by atoms with Gasteiger partial charge in [0.25, 0.3) is 0 Å². The van der Waals surface area contributed by atoms with Gasteiger partial charge in [-0.2, -0.15) is 0 Å². The topological polar surface area (TPSA) is 51.8 Å². The lowest BCUT2D eigenvalue weighted by atomic mass is 10.2. The number of halogens is 2. The molecule has 0 radical (unpaired) electrons. The van der Waals surface area contributed by atoms with Crippen LogP contribution in [-0.4, -0.2) is 9.97 Å². The molecular formula is C14H9F2N3S. The molecule has 3 nitrogen and oxygen atoms in total. The average molecular weight is 289 g/mol. The van der Waals surface area contributed by atoms with E-state index in [1.54, 1.807) is 6.07 Å². The lowest BCUT2D eigenvalue weighted by molar-refractivity contribution is 0.565. The molecule has 100 valence electrons. The minimum absolute atomic E-state index is 0.251. The first-order valence-electron chi connectivity index (χ1n) is 5.78. The normalized spacial score (nSPS) is 10.9. The van der Waals surface area contributed by atoms with Crippen molar-refractivity contribution in [1.29, 1.82) is 0 Å². The molecule has 0 unspecified atom stereocenters. The average Bonchev–Trinajstić information content (AvgIpc) is 2.42. The van der Waals surface area contributed by atoms with Gasteiger partial charge < -0.3 is 5.73 Å². The Hall–Kier alpha value is -2.21. The second-order valence-corrected chi connectivity index (χ2v) is 5.09. The summed E-state index contributed by atoms with van der Waals surface area (Å²) in [4.78, 5) is 8.69. The van der Waals surface area contributed by atoms with E-state index < -0.39 is 11.6 Å². The van der Waals surface area contributed by atoms with Gasteiger partial charge in [0, 0.05) is 11.5 Å². The summed E-state index contributed by atoms with van der Waals surface area (Å²) < 4.78 is 26.5. The standard InChI is InChI=1S/C14H9F2N3S/c15-8-5-6-12(10(16)7-8)20-14-18-11-4-2-1-3-9(11)13(17)19-14/h1-7H,(H2,17,18,19). The Bertz CT molecular complexity index is 792. The smallest absolute Gasteiger partial charge is 0.195 e. The van der Waals surface area contributed by atoms with Crippen molar-refractivity contribution >= 4 is 28.5 Å². The van der Waals surface area contributed by atoms with Gasteiger partial charge in [0.15, 0.2) is 5.16 Å². The Morgan fingerprint density at radius 1 is 1.00 bits per heavy atom. The van der Waals surface area contributed by atoms with Crippen LogP contribution >= 0.6 is 11.8 Å². The lowest BCUT2D eigenvalue weighted by Gasteiger charge is -2.05. The highest BCUT2D eigenvalue weighted by atomic mass is 32.2. The number of nitrogen functional groups attached to an aromatic ring is 1. The Kier molecular flexibility index (Phi) is 3.23. The molecule has 3 aromatic rings. The first-order chi connectivity index (χ1) is 9.63. The van der Waals surface area contributed by atoms with Crippen LogP contribution in [0, 0.1) is 11.6 Å². The van der Waals surface area contributed by atoms with Crippen molar-refractivity contribution in [1.82, 2.24) is 9.97 Å². The number of nitrogens with zero attached hydrogens (tertiary/aromatic N) is 2. The Morgan fingerprint density at radius 2 is 1.80 bits per heavy atom. The zero-order chi connectivity index (χ0) is 14.1. The fourth-order valence-corrected chi connectivity index (χ4v) is 2.56. The zero-order valence-electron chi connectivity index (χ0n) is 10.2. The molecule has 0 aliphatic heterocycles. The lowest BCUT2D eigenvalue weighted by Crippen LogP contribution is -1.97. The van der Waals surface area contributed by atoms with E-state index in [0.29, 0.717) is 16.5 Å². The molecule has 0 aliphatic rings. The Labute approximate surface area is 117 Å². The summed E-state index contributed by atoms with van der Waals surface area (Å²) in [6.07, 6.45) is 0. The predicted molar refractivity (Wildman–Crippen MR) is 74.4 cm³/mol. The SMILES string of the molecule is Nc1nc(Sc2ccc(F)cc2F)nc2ccccc12. The summed E-state index contributed by atoms with van der Waals surface area (Å²) in [5.41, 5.74) is 6.54. The first-order valence-corrected chi connectivity index (χ1v) is 6.60. The van der Waals surface area contributed by atoms with Gasteiger partial charge in [0.2, 0.25) is 0 Å². The molecule has 0 saturated carbocycles. The van der Waals surface area contributed by atoms with Gasteiger partial charge in [0.05, 0.1) is 10.4 Å². The summed E-state index contributed by atoms with van der Waals surface area (Å²) in [5.74, 6) is -0.934. The minimum Gasteiger partial charge on any atom is -0.383 e. The second-order valence-electron chi connectivity index (χ2n) is 4.09. The maximum absolute atomic E-state index is 13.6. The fraction of sp³-hybridized carbons (Fsp3) is 0. The van der Waals surface area contributed by atoms with Crippen molar-refractivity contribution in [3.63, 3.8) is 0 Å². The molecule has 6 heteroatoms. The first kappa shape index (κ1) is 12.8. The molecule has 0 amide bonds. The number of anilines is 1. The van der Waals surface area contributed by atoms with Crippen molar-refractivity contribution < 1.29 is 8.78 Å². The number of benzene rings is 2.